The van der Waals surface area contributed by atoms with Crippen LogP contribution in [-0.4, -0.2) is 34.1 Å². The molecule has 2 heterocycles. The van der Waals surface area contributed by atoms with Crippen molar-refractivity contribution in [2.45, 2.75) is 37.7 Å². The molecule has 0 radical (unpaired) electrons. The van der Waals surface area contributed by atoms with Gasteiger partial charge in [0.2, 0.25) is 5.91 Å². The van der Waals surface area contributed by atoms with Gasteiger partial charge in [-0.15, -0.1) is 11.3 Å². The Hall–Kier alpha value is -1.67. The summed E-state index contributed by atoms with van der Waals surface area (Å²) in [5, 5.41) is 8.35. The number of rotatable bonds is 5. The molecule has 8 heteroatoms. The second kappa shape index (κ2) is 6.09. The normalized spacial score (nSPS) is 12.6. The molecule has 0 aliphatic rings. The van der Waals surface area contributed by atoms with Crippen LogP contribution in [0.2, 0.25) is 0 Å². The zero-order valence-electron chi connectivity index (χ0n) is 13.8. The van der Waals surface area contributed by atoms with Crippen molar-refractivity contribution < 1.29 is 13.2 Å². The van der Waals surface area contributed by atoms with E-state index in [1.807, 2.05) is 17.5 Å². The van der Waals surface area contributed by atoms with E-state index in [9.17, 15) is 13.2 Å². The molecule has 2 aromatic heterocycles. The van der Waals surface area contributed by atoms with Crippen molar-refractivity contribution in [1.29, 1.82) is 0 Å². The van der Waals surface area contributed by atoms with Crippen molar-refractivity contribution in [2.24, 2.45) is 7.05 Å². The summed E-state index contributed by atoms with van der Waals surface area (Å²) < 4.78 is 24.8. The number of carbonyl (C=O) groups is 1. The van der Waals surface area contributed by atoms with Crippen LogP contribution in [0.15, 0.2) is 23.6 Å². The van der Waals surface area contributed by atoms with Crippen LogP contribution in [0.4, 0.5) is 5.82 Å². The Morgan fingerprint density at radius 3 is 2.57 bits per heavy atom. The van der Waals surface area contributed by atoms with Crippen molar-refractivity contribution in [3.8, 4) is 10.6 Å². The third-order valence-electron chi connectivity index (χ3n) is 3.77. The third kappa shape index (κ3) is 3.18. The molecule has 0 aliphatic heterocycles. The highest BCUT2D eigenvalue weighted by Gasteiger charge is 2.43. The van der Waals surface area contributed by atoms with Gasteiger partial charge in [-0.05, 0) is 39.1 Å². The summed E-state index contributed by atoms with van der Waals surface area (Å²) in [7, 11) is -1.88. The summed E-state index contributed by atoms with van der Waals surface area (Å²) in [6.07, 6.45) is 0. The van der Waals surface area contributed by atoms with E-state index in [0.29, 0.717) is 5.82 Å². The Kier molecular flexibility index (Phi) is 4.68. The lowest BCUT2D eigenvalue weighted by molar-refractivity contribution is -0.117. The molecular formula is C15H21N3O3S2. The second-order valence-corrected chi connectivity index (χ2v) is 10.1. The molecule has 6 nitrogen and oxygen atoms in total. The van der Waals surface area contributed by atoms with Gasteiger partial charge < -0.3 is 5.32 Å². The number of thiophene rings is 1. The minimum absolute atomic E-state index is 0.463. The van der Waals surface area contributed by atoms with Gasteiger partial charge in [0.15, 0.2) is 9.84 Å². The standard InChI is InChI=1S/C15H21N3O3S2/c1-10(2)23(20,21)15(3,4)14(19)16-13-9-11(17-18(13)5)12-7-6-8-22-12/h6-10H,1-5H3,(H,16,19). The summed E-state index contributed by atoms with van der Waals surface area (Å²) in [4.78, 5) is 13.5. The fraction of sp³-hybridized carbons (Fsp3) is 0.467. The lowest BCUT2D eigenvalue weighted by Gasteiger charge is -2.25. The van der Waals surface area contributed by atoms with Gasteiger partial charge >= 0.3 is 0 Å². The average molecular weight is 355 g/mol. The van der Waals surface area contributed by atoms with Gasteiger partial charge in [0.05, 0.1) is 10.1 Å². The van der Waals surface area contributed by atoms with Crippen molar-refractivity contribution in [3.05, 3.63) is 23.6 Å². The first kappa shape index (κ1) is 17.7. The number of nitrogens with zero attached hydrogens (tertiary/aromatic N) is 2. The molecule has 0 saturated carbocycles. The van der Waals surface area contributed by atoms with E-state index in [-0.39, 0.29) is 0 Å². The number of hydrogen-bond acceptors (Lipinski definition) is 5. The molecule has 0 unspecified atom stereocenters. The van der Waals surface area contributed by atoms with Gasteiger partial charge in [-0.1, -0.05) is 6.07 Å². The number of aromatic nitrogens is 2. The van der Waals surface area contributed by atoms with E-state index in [2.05, 4.69) is 10.4 Å². The first-order chi connectivity index (χ1) is 10.6. The van der Waals surface area contributed by atoms with E-state index in [0.717, 1.165) is 10.6 Å². The Labute approximate surface area is 140 Å². The largest absolute Gasteiger partial charge is 0.310 e. The molecule has 0 spiro atoms. The average Bonchev–Trinajstić information content (AvgIpc) is 3.08. The smallest absolute Gasteiger partial charge is 0.246 e. The number of aryl methyl sites for hydroxylation is 1. The highest BCUT2D eigenvalue weighted by molar-refractivity contribution is 7.94. The Morgan fingerprint density at radius 2 is 2.04 bits per heavy atom. The molecule has 2 rings (SSSR count). The maximum Gasteiger partial charge on any atom is 0.246 e. The summed E-state index contributed by atoms with van der Waals surface area (Å²) in [5.74, 6) is -0.0997. The van der Waals surface area contributed by atoms with Crippen LogP contribution in [0.1, 0.15) is 27.7 Å². The summed E-state index contributed by atoms with van der Waals surface area (Å²) in [5.41, 5.74) is 0.738. The van der Waals surface area contributed by atoms with Gasteiger partial charge in [0.1, 0.15) is 16.3 Å². The molecule has 126 valence electrons. The predicted octanol–water partition coefficient (Wildman–Crippen LogP) is 2.69. The molecule has 23 heavy (non-hydrogen) atoms. The highest BCUT2D eigenvalue weighted by Crippen LogP contribution is 2.27. The Balaban J connectivity index is 2.28. The molecule has 2 aromatic rings. The number of carbonyl (C=O) groups excluding carboxylic acids is 1. The predicted molar refractivity (Wildman–Crippen MR) is 93.3 cm³/mol. The van der Waals surface area contributed by atoms with Crippen LogP contribution in [0, 0.1) is 0 Å². The Bertz CT molecular complexity index is 803. The van der Waals surface area contributed by atoms with Gasteiger partial charge in [0.25, 0.3) is 0 Å². The van der Waals surface area contributed by atoms with Crippen LogP contribution in [0.5, 0.6) is 0 Å². The minimum atomic E-state index is -3.58. The number of hydrogen-bond donors (Lipinski definition) is 1. The quantitative estimate of drug-likeness (QED) is 0.894. The van der Waals surface area contributed by atoms with E-state index >= 15 is 0 Å². The number of nitrogens with one attached hydrogen (secondary N) is 1. The van der Waals surface area contributed by atoms with Crippen molar-refractivity contribution in [1.82, 2.24) is 9.78 Å². The van der Waals surface area contributed by atoms with Crippen molar-refractivity contribution >= 4 is 32.9 Å². The molecule has 0 atom stereocenters. The zero-order valence-corrected chi connectivity index (χ0v) is 15.5. The van der Waals surface area contributed by atoms with Crippen LogP contribution in [-0.2, 0) is 21.7 Å². The van der Waals surface area contributed by atoms with E-state index < -0.39 is 25.7 Å². The second-order valence-electron chi connectivity index (χ2n) is 6.07. The zero-order chi connectivity index (χ0) is 17.4. The van der Waals surface area contributed by atoms with Crippen molar-refractivity contribution in [2.75, 3.05) is 5.32 Å². The molecule has 0 fully saturated rings. The van der Waals surface area contributed by atoms with Crippen LogP contribution in [0.3, 0.4) is 0 Å². The minimum Gasteiger partial charge on any atom is -0.310 e. The van der Waals surface area contributed by atoms with Crippen LogP contribution < -0.4 is 5.32 Å². The first-order valence-corrected chi connectivity index (χ1v) is 9.62. The third-order valence-corrected chi connectivity index (χ3v) is 7.52. The summed E-state index contributed by atoms with van der Waals surface area (Å²) in [6.45, 7) is 6.00. The topological polar surface area (TPSA) is 81.1 Å². The van der Waals surface area contributed by atoms with Crippen molar-refractivity contribution in [3.63, 3.8) is 0 Å². The molecule has 0 bridgehead atoms. The highest BCUT2D eigenvalue weighted by atomic mass is 32.2. The monoisotopic (exact) mass is 355 g/mol. The number of anilines is 1. The van der Waals surface area contributed by atoms with Gasteiger partial charge in [-0.2, -0.15) is 5.10 Å². The lowest BCUT2D eigenvalue weighted by Crippen LogP contribution is -2.47. The fourth-order valence-corrected chi connectivity index (χ4v) is 4.28. The van der Waals surface area contributed by atoms with E-state index in [1.165, 1.54) is 18.5 Å². The van der Waals surface area contributed by atoms with E-state index in [4.69, 9.17) is 0 Å². The molecule has 0 saturated heterocycles. The summed E-state index contributed by atoms with van der Waals surface area (Å²) >= 11 is 1.55. The maximum absolute atomic E-state index is 12.5. The SMILES string of the molecule is CC(C)S(=O)(=O)C(C)(C)C(=O)Nc1cc(-c2cccs2)nn1C. The number of amides is 1. The summed E-state index contributed by atoms with van der Waals surface area (Å²) in [6, 6.07) is 5.60. The molecule has 0 aliphatic carbocycles. The van der Waals surface area contributed by atoms with Crippen LogP contribution >= 0.6 is 11.3 Å². The maximum atomic E-state index is 12.5. The van der Waals surface area contributed by atoms with Gasteiger partial charge in [0, 0.05) is 13.1 Å². The molecule has 0 aromatic carbocycles. The first-order valence-electron chi connectivity index (χ1n) is 7.20. The van der Waals surface area contributed by atoms with Crippen LogP contribution in [0.25, 0.3) is 10.6 Å². The Morgan fingerprint density at radius 1 is 1.39 bits per heavy atom. The van der Waals surface area contributed by atoms with E-state index in [1.54, 1.807) is 38.3 Å². The fourth-order valence-electron chi connectivity index (χ4n) is 2.11. The molecule has 1 amide bonds. The molecule has 1 N–H and O–H groups in total. The van der Waals surface area contributed by atoms with Gasteiger partial charge in [-0.25, -0.2) is 8.42 Å². The molecular weight excluding hydrogens is 334 g/mol. The van der Waals surface area contributed by atoms with Gasteiger partial charge in [-0.3, -0.25) is 9.48 Å². The number of sulfone groups is 1. The lowest BCUT2D eigenvalue weighted by atomic mass is 10.2.